The molecule has 0 aromatic carbocycles. The van der Waals surface area contributed by atoms with Gasteiger partial charge < -0.3 is 16.2 Å². The standard InChI is InChI=1S/C10H20N2O2/c1-8(4-7-13)12-9(14)10(11)5-2-3-6-10/h8,13H,2-7,11H2,1H3,(H,12,14). The molecule has 1 aliphatic rings. The predicted octanol–water partition coefficient (Wildman–Crippen LogP) is 0.145. The van der Waals surface area contributed by atoms with E-state index < -0.39 is 5.54 Å². The van der Waals surface area contributed by atoms with E-state index in [1.165, 1.54) is 0 Å². The molecular formula is C10H20N2O2. The number of nitrogens with two attached hydrogens (primary N) is 1. The Morgan fingerprint density at radius 1 is 1.57 bits per heavy atom. The van der Waals surface area contributed by atoms with Crippen LogP contribution in [0.25, 0.3) is 0 Å². The lowest BCUT2D eigenvalue weighted by Crippen LogP contribution is -2.54. The summed E-state index contributed by atoms with van der Waals surface area (Å²) in [6.45, 7) is 1.98. The lowest BCUT2D eigenvalue weighted by molar-refractivity contribution is -0.126. The van der Waals surface area contributed by atoms with Gasteiger partial charge in [-0.25, -0.2) is 0 Å². The predicted molar refractivity (Wildman–Crippen MR) is 54.7 cm³/mol. The summed E-state index contributed by atoms with van der Waals surface area (Å²) in [7, 11) is 0. The van der Waals surface area contributed by atoms with Gasteiger partial charge in [0.15, 0.2) is 0 Å². The molecule has 0 aromatic heterocycles. The highest BCUT2D eigenvalue weighted by molar-refractivity contribution is 5.86. The van der Waals surface area contributed by atoms with Crippen molar-refractivity contribution < 1.29 is 9.90 Å². The molecule has 1 rings (SSSR count). The first kappa shape index (κ1) is 11.5. The molecule has 0 spiro atoms. The van der Waals surface area contributed by atoms with Gasteiger partial charge in [0, 0.05) is 12.6 Å². The minimum absolute atomic E-state index is 0.00789. The Morgan fingerprint density at radius 2 is 2.14 bits per heavy atom. The van der Waals surface area contributed by atoms with Crippen molar-refractivity contribution >= 4 is 5.91 Å². The van der Waals surface area contributed by atoms with E-state index in [1.54, 1.807) is 0 Å². The molecule has 4 nitrogen and oxygen atoms in total. The van der Waals surface area contributed by atoms with Crippen LogP contribution in [-0.4, -0.2) is 29.2 Å². The molecule has 1 fully saturated rings. The summed E-state index contributed by atoms with van der Waals surface area (Å²) in [5.74, 6) is -0.0593. The first-order valence-corrected chi connectivity index (χ1v) is 5.29. The summed E-state index contributed by atoms with van der Waals surface area (Å²) in [4.78, 5) is 11.7. The normalized spacial score (nSPS) is 21.9. The number of aliphatic hydroxyl groups excluding tert-OH is 1. The zero-order chi connectivity index (χ0) is 10.6. The molecule has 0 saturated heterocycles. The van der Waals surface area contributed by atoms with Crippen molar-refractivity contribution in [2.45, 2.75) is 50.6 Å². The zero-order valence-electron chi connectivity index (χ0n) is 8.75. The van der Waals surface area contributed by atoms with Crippen molar-refractivity contribution in [3.05, 3.63) is 0 Å². The van der Waals surface area contributed by atoms with Gasteiger partial charge in [-0.1, -0.05) is 12.8 Å². The summed E-state index contributed by atoms with van der Waals surface area (Å²) in [5.41, 5.74) is 5.32. The van der Waals surface area contributed by atoms with Gasteiger partial charge in [-0.05, 0) is 26.2 Å². The number of nitrogens with one attached hydrogen (secondary N) is 1. The van der Waals surface area contributed by atoms with Gasteiger partial charge >= 0.3 is 0 Å². The summed E-state index contributed by atoms with van der Waals surface area (Å²) in [6.07, 6.45) is 4.23. The minimum Gasteiger partial charge on any atom is -0.396 e. The molecule has 0 radical (unpaired) electrons. The number of hydrogen-bond donors (Lipinski definition) is 3. The van der Waals surface area contributed by atoms with E-state index in [9.17, 15) is 4.79 Å². The fraction of sp³-hybridized carbons (Fsp3) is 0.900. The zero-order valence-corrected chi connectivity index (χ0v) is 8.75. The summed E-state index contributed by atoms with van der Waals surface area (Å²) in [5, 5.41) is 11.5. The Hall–Kier alpha value is -0.610. The van der Waals surface area contributed by atoms with E-state index in [2.05, 4.69) is 5.32 Å². The van der Waals surface area contributed by atoms with Crippen LogP contribution in [0.4, 0.5) is 0 Å². The average Bonchev–Trinajstić information content (AvgIpc) is 2.54. The SMILES string of the molecule is CC(CCO)NC(=O)C1(N)CCCC1. The van der Waals surface area contributed by atoms with Crippen LogP contribution < -0.4 is 11.1 Å². The first-order valence-electron chi connectivity index (χ1n) is 5.29. The van der Waals surface area contributed by atoms with Gasteiger partial charge in [-0.15, -0.1) is 0 Å². The monoisotopic (exact) mass is 200 g/mol. The number of amides is 1. The number of rotatable bonds is 4. The Morgan fingerprint density at radius 3 is 2.64 bits per heavy atom. The molecule has 0 bridgehead atoms. The fourth-order valence-corrected chi connectivity index (χ4v) is 1.87. The quantitative estimate of drug-likeness (QED) is 0.604. The Kier molecular flexibility index (Phi) is 3.89. The molecule has 4 heteroatoms. The van der Waals surface area contributed by atoms with Gasteiger partial charge in [0.25, 0.3) is 0 Å². The van der Waals surface area contributed by atoms with Crippen molar-refractivity contribution in [3.8, 4) is 0 Å². The number of carbonyl (C=O) groups excluding carboxylic acids is 1. The third-order valence-corrected chi connectivity index (χ3v) is 2.89. The van der Waals surface area contributed by atoms with Crippen LogP contribution >= 0.6 is 0 Å². The Labute approximate surface area is 84.9 Å². The number of carbonyl (C=O) groups is 1. The molecule has 0 aliphatic heterocycles. The van der Waals surface area contributed by atoms with Gasteiger partial charge in [0.1, 0.15) is 0 Å². The Balaban J connectivity index is 2.40. The number of hydrogen-bond acceptors (Lipinski definition) is 3. The molecule has 0 aromatic rings. The molecule has 14 heavy (non-hydrogen) atoms. The number of aliphatic hydroxyl groups is 1. The molecule has 82 valence electrons. The van der Waals surface area contributed by atoms with Gasteiger partial charge in [-0.2, -0.15) is 0 Å². The van der Waals surface area contributed by atoms with Crippen LogP contribution in [0.1, 0.15) is 39.0 Å². The van der Waals surface area contributed by atoms with Crippen molar-refractivity contribution in [1.82, 2.24) is 5.32 Å². The fourth-order valence-electron chi connectivity index (χ4n) is 1.87. The van der Waals surface area contributed by atoms with Gasteiger partial charge in [0.2, 0.25) is 5.91 Å². The maximum atomic E-state index is 11.7. The van der Waals surface area contributed by atoms with Gasteiger partial charge in [-0.3, -0.25) is 4.79 Å². The van der Waals surface area contributed by atoms with Crippen molar-refractivity contribution in [2.24, 2.45) is 5.73 Å². The highest BCUT2D eigenvalue weighted by atomic mass is 16.3. The van der Waals surface area contributed by atoms with E-state index in [0.717, 1.165) is 25.7 Å². The molecule has 1 amide bonds. The van der Waals surface area contributed by atoms with Crippen LogP contribution in [-0.2, 0) is 4.79 Å². The van der Waals surface area contributed by atoms with Crippen molar-refractivity contribution in [2.75, 3.05) is 6.61 Å². The van der Waals surface area contributed by atoms with E-state index in [-0.39, 0.29) is 18.6 Å². The molecule has 1 saturated carbocycles. The topological polar surface area (TPSA) is 75.3 Å². The van der Waals surface area contributed by atoms with Crippen LogP contribution in [0.3, 0.4) is 0 Å². The summed E-state index contributed by atoms with van der Waals surface area (Å²) >= 11 is 0. The molecule has 0 heterocycles. The first-order chi connectivity index (χ1) is 6.58. The maximum absolute atomic E-state index is 11.7. The molecule has 4 N–H and O–H groups in total. The minimum atomic E-state index is -0.649. The second kappa shape index (κ2) is 4.75. The Bertz CT molecular complexity index is 200. The van der Waals surface area contributed by atoms with Gasteiger partial charge in [0.05, 0.1) is 5.54 Å². The van der Waals surface area contributed by atoms with Crippen molar-refractivity contribution in [1.29, 1.82) is 0 Å². The second-order valence-electron chi connectivity index (χ2n) is 4.25. The third-order valence-electron chi connectivity index (χ3n) is 2.89. The highest BCUT2D eigenvalue weighted by Crippen LogP contribution is 2.27. The van der Waals surface area contributed by atoms with E-state index in [0.29, 0.717) is 6.42 Å². The van der Waals surface area contributed by atoms with Crippen molar-refractivity contribution in [3.63, 3.8) is 0 Å². The third kappa shape index (κ3) is 2.69. The molecule has 1 atom stereocenters. The van der Waals surface area contributed by atoms with Crippen LogP contribution in [0.15, 0.2) is 0 Å². The van der Waals surface area contributed by atoms with Crippen LogP contribution in [0, 0.1) is 0 Å². The second-order valence-corrected chi connectivity index (χ2v) is 4.25. The summed E-state index contributed by atoms with van der Waals surface area (Å²) in [6, 6.07) is 0.00789. The largest absolute Gasteiger partial charge is 0.396 e. The highest BCUT2D eigenvalue weighted by Gasteiger charge is 2.37. The van der Waals surface area contributed by atoms with E-state index in [1.807, 2.05) is 6.92 Å². The lowest BCUT2D eigenvalue weighted by Gasteiger charge is -2.24. The average molecular weight is 200 g/mol. The molecule has 1 aliphatic carbocycles. The summed E-state index contributed by atoms with van der Waals surface area (Å²) < 4.78 is 0. The van der Waals surface area contributed by atoms with Crippen LogP contribution in [0.5, 0.6) is 0 Å². The lowest BCUT2D eigenvalue weighted by atomic mass is 9.97. The smallest absolute Gasteiger partial charge is 0.240 e. The van der Waals surface area contributed by atoms with Crippen LogP contribution in [0.2, 0.25) is 0 Å². The molecule has 1 unspecified atom stereocenters. The van der Waals surface area contributed by atoms with E-state index >= 15 is 0 Å². The molecular weight excluding hydrogens is 180 g/mol. The van der Waals surface area contributed by atoms with E-state index in [4.69, 9.17) is 10.8 Å². The maximum Gasteiger partial charge on any atom is 0.240 e.